The third kappa shape index (κ3) is 6.58. The molecular formula is C24H30ClFN8O3. The number of nitrogens with one attached hydrogen (secondary N) is 1. The Labute approximate surface area is 218 Å². The lowest BCUT2D eigenvalue weighted by atomic mass is 10.1. The molecular weight excluding hydrogens is 503 g/mol. The maximum atomic E-state index is 12.9. The van der Waals surface area contributed by atoms with Gasteiger partial charge in [-0.1, -0.05) is 18.0 Å². The summed E-state index contributed by atoms with van der Waals surface area (Å²) in [5.41, 5.74) is 1.35. The summed E-state index contributed by atoms with van der Waals surface area (Å²) >= 11 is 6.17. The molecule has 0 bridgehead atoms. The second kappa shape index (κ2) is 12.4. The number of pyridine rings is 1. The first-order chi connectivity index (χ1) is 17.9. The fourth-order valence-corrected chi connectivity index (χ4v) is 4.35. The van der Waals surface area contributed by atoms with Crippen LogP contribution in [0, 0.1) is 11.2 Å². The average molecular weight is 533 g/mol. The zero-order valence-corrected chi connectivity index (χ0v) is 21.2. The van der Waals surface area contributed by atoms with E-state index in [0.29, 0.717) is 21.9 Å². The molecule has 0 amide bonds. The molecule has 5 rings (SSSR count). The highest BCUT2D eigenvalue weighted by atomic mass is 35.5. The highest BCUT2D eigenvalue weighted by molar-refractivity contribution is 6.46. The highest BCUT2D eigenvalue weighted by Gasteiger charge is 2.26. The number of rotatable bonds is 7. The third-order valence-electron chi connectivity index (χ3n) is 6.15. The minimum atomic E-state index is -1.19. The van der Waals surface area contributed by atoms with E-state index in [1.165, 1.54) is 43.1 Å². The van der Waals surface area contributed by atoms with Crippen LogP contribution < -0.4 is 10.6 Å². The monoisotopic (exact) mass is 532 g/mol. The Kier molecular flexibility index (Phi) is 8.98. The Bertz CT molecular complexity index is 1240. The number of nitrogens with zero attached hydrogens (tertiary/aromatic N) is 6. The number of aromatic nitrogens is 4. The number of ether oxygens (including phenoxy) is 2. The molecule has 198 valence electrons. The molecule has 0 radical (unpaired) electrons. The van der Waals surface area contributed by atoms with E-state index >= 15 is 0 Å². The SMILES string of the molecule is C1CCN(C2COC2)CC1.CC(=N)/C(=N\N)c1cc(OCC(O)c2ncc(F)cn2)c2c(Cl)cnn2c1. The van der Waals surface area contributed by atoms with Crippen molar-refractivity contribution in [3.8, 4) is 5.75 Å². The van der Waals surface area contributed by atoms with Gasteiger partial charge in [0, 0.05) is 11.8 Å². The van der Waals surface area contributed by atoms with Gasteiger partial charge in [-0.2, -0.15) is 10.2 Å². The van der Waals surface area contributed by atoms with Crippen molar-refractivity contribution in [3.63, 3.8) is 0 Å². The predicted octanol–water partition coefficient (Wildman–Crippen LogP) is 2.60. The number of halogens is 2. The number of nitrogens with two attached hydrogens (primary N) is 1. The molecule has 2 aliphatic rings. The second-order valence-electron chi connectivity index (χ2n) is 8.86. The lowest BCUT2D eigenvalue weighted by molar-refractivity contribution is -0.0698. The molecule has 37 heavy (non-hydrogen) atoms. The average Bonchev–Trinajstić information content (AvgIpc) is 3.24. The van der Waals surface area contributed by atoms with Crippen molar-refractivity contribution in [1.29, 1.82) is 5.41 Å². The molecule has 1 unspecified atom stereocenters. The third-order valence-corrected chi connectivity index (χ3v) is 6.43. The summed E-state index contributed by atoms with van der Waals surface area (Å²) in [5, 5.41) is 26.0. The molecule has 1 atom stereocenters. The number of aliphatic hydroxyl groups is 1. The number of aliphatic hydroxyl groups excluding tert-OH is 1. The number of fused-ring (bicyclic) bond motifs is 1. The van der Waals surface area contributed by atoms with Gasteiger partial charge in [0.15, 0.2) is 11.6 Å². The van der Waals surface area contributed by atoms with Crippen LogP contribution in [0.4, 0.5) is 4.39 Å². The predicted molar refractivity (Wildman–Crippen MR) is 137 cm³/mol. The van der Waals surface area contributed by atoms with Crippen molar-refractivity contribution in [2.75, 3.05) is 32.9 Å². The van der Waals surface area contributed by atoms with Gasteiger partial charge in [0.25, 0.3) is 0 Å². The first-order valence-corrected chi connectivity index (χ1v) is 12.4. The summed E-state index contributed by atoms with van der Waals surface area (Å²) < 4.78 is 25.2. The fraction of sp³-hybridized carbons (Fsp3) is 0.458. The Morgan fingerprint density at radius 3 is 2.59 bits per heavy atom. The van der Waals surface area contributed by atoms with E-state index in [4.69, 9.17) is 32.3 Å². The second-order valence-corrected chi connectivity index (χ2v) is 9.26. The van der Waals surface area contributed by atoms with E-state index in [2.05, 4.69) is 25.1 Å². The van der Waals surface area contributed by atoms with Crippen LogP contribution in [0.25, 0.3) is 5.52 Å². The Morgan fingerprint density at radius 1 is 1.30 bits per heavy atom. The van der Waals surface area contributed by atoms with Gasteiger partial charge < -0.3 is 25.8 Å². The van der Waals surface area contributed by atoms with Crippen LogP contribution in [-0.4, -0.2) is 80.0 Å². The number of likely N-dealkylation sites (tertiary alicyclic amines) is 1. The summed E-state index contributed by atoms with van der Waals surface area (Å²) in [5.74, 6) is 5.08. The van der Waals surface area contributed by atoms with Crippen molar-refractivity contribution in [2.45, 2.75) is 38.3 Å². The molecule has 0 spiro atoms. The van der Waals surface area contributed by atoms with Gasteiger partial charge in [-0.15, -0.1) is 0 Å². The molecule has 0 aliphatic carbocycles. The van der Waals surface area contributed by atoms with E-state index in [0.717, 1.165) is 31.6 Å². The number of piperidine rings is 1. The van der Waals surface area contributed by atoms with Gasteiger partial charge in [-0.3, -0.25) is 4.90 Å². The van der Waals surface area contributed by atoms with Crippen LogP contribution in [0.2, 0.25) is 5.02 Å². The number of hydrogen-bond donors (Lipinski definition) is 3. The van der Waals surface area contributed by atoms with Crippen LogP contribution in [0.5, 0.6) is 5.75 Å². The quantitative estimate of drug-likeness (QED) is 0.239. The molecule has 3 aromatic heterocycles. The fourth-order valence-electron chi connectivity index (χ4n) is 4.13. The van der Waals surface area contributed by atoms with Gasteiger partial charge >= 0.3 is 0 Å². The van der Waals surface area contributed by atoms with Crippen LogP contribution in [-0.2, 0) is 4.74 Å². The molecule has 2 saturated heterocycles. The zero-order chi connectivity index (χ0) is 26.4. The van der Waals surface area contributed by atoms with E-state index in [1.54, 1.807) is 19.2 Å². The minimum absolute atomic E-state index is 0.0164. The lowest BCUT2D eigenvalue weighted by Crippen LogP contribution is -2.50. The van der Waals surface area contributed by atoms with Gasteiger partial charge in [0.2, 0.25) is 0 Å². The minimum Gasteiger partial charge on any atom is -0.488 e. The zero-order valence-electron chi connectivity index (χ0n) is 20.5. The van der Waals surface area contributed by atoms with Crippen molar-refractivity contribution < 1.29 is 19.0 Å². The molecule has 2 fully saturated rings. The molecule has 3 aromatic rings. The maximum Gasteiger partial charge on any atom is 0.160 e. The van der Waals surface area contributed by atoms with Gasteiger partial charge in [-0.25, -0.2) is 18.9 Å². The molecule has 11 nitrogen and oxygen atoms in total. The lowest BCUT2D eigenvalue weighted by Gasteiger charge is -2.39. The van der Waals surface area contributed by atoms with Gasteiger partial charge in [0.05, 0.1) is 48.6 Å². The van der Waals surface area contributed by atoms with Crippen molar-refractivity contribution in [2.24, 2.45) is 10.9 Å². The van der Waals surface area contributed by atoms with Crippen molar-refractivity contribution in [3.05, 3.63) is 53.1 Å². The normalized spacial score (nSPS) is 17.6. The molecule has 4 N–H and O–H groups in total. The Hall–Kier alpha value is -3.19. The summed E-state index contributed by atoms with van der Waals surface area (Å²) in [7, 11) is 0. The Balaban J connectivity index is 0.000000265. The summed E-state index contributed by atoms with van der Waals surface area (Å²) in [6.45, 7) is 5.93. The summed E-state index contributed by atoms with van der Waals surface area (Å²) in [4.78, 5) is 10.0. The van der Waals surface area contributed by atoms with E-state index < -0.39 is 11.9 Å². The van der Waals surface area contributed by atoms with E-state index in [9.17, 15) is 9.50 Å². The maximum absolute atomic E-state index is 12.9. The first-order valence-electron chi connectivity index (χ1n) is 12.0. The molecule has 2 aliphatic heterocycles. The van der Waals surface area contributed by atoms with Crippen LogP contribution in [0.1, 0.15) is 43.7 Å². The van der Waals surface area contributed by atoms with Crippen molar-refractivity contribution >= 4 is 28.5 Å². The standard InChI is InChI=1S/C16H15ClFN7O2.C8H15NO/c1-8(19)14(24-20)9-2-13(15-11(17)5-23-25(15)6-9)27-7-12(26)16-21-3-10(18)4-22-16;1-2-4-9(5-3-1)8-6-10-7-8/h2-6,12,19,26H,7,20H2,1H3;8H,1-7H2/b19-8?,24-14+;. The highest BCUT2D eigenvalue weighted by Crippen LogP contribution is 2.29. The van der Waals surface area contributed by atoms with Gasteiger partial charge in [-0.05, 0) is 38.9 Å². The van der Waals surface area contributed by atoms with Gasteiger partial charge in [0.1, 0.15) is 29.7 Å². The smallest absolute Gasteiger partial charge is 0.160 e. The summed E-state index contributed by atoms with van der Waals surface area (Å²) in [6.07, 6.45) is 7.99. The molecule has 0 saturated carbocycles. The van der Waals surface area contributed by atoms with E-state index in [-0.39, 0.29) is 23.9 Å². The Morgan fingerprint density at radius 2 is 2.00 bits per heavy atom. The molecule has 5 heterocycles. The molecule has 0 aromatic carbocycles. The van der Waals surface area contributed by atoms with E-state index in [1.807, 2.05) is 0 Å². The molecule has 13 heteroatoms. The first kappa shape index (κ1) is 26.9. The van der Waals surface area contributed by atoms with Crippen LogP contribution in [0.15, 0.2) is 36.0 Å². The topological polar surface area (TPSA) is 147 Å². The largest absolute Gasteiger partial charge is 0.488 e. The van der Waals surface area contributed by atoms with Crippen LogP contribution in [0.3, 0.4) is 0 Å². The number of hydrogen-bond acceptors (Lipinski definition) is 10. The number of hydrazone groups is 1. The van der Waals surface area contributed by atoms with Crippen LogP contribution >= 0.6 is 11.6 Å². The summed E-state index contributed by atoms with van der Waals surface area (Å²) in [6, 6.07) is 2.37. The van der Waals surface area contributed by atoms with Crippen molar-refractivity contribution in [1.82, 2.24) is 24.5 Å².